The standard InChI is InChI=1S/C20H24N2O6S/c1-13(23)22-8-7-15-11-16(5-6-17(15)22)29(24,25)21-12-14-9-18(26-2)20(28-4)19(10-14)27-3/h5-6,9-11,21H,7-8,12H2,1-4H3. The highest BCUT2D eigenvalue weighted by Gasteiger charge is 2.25. The van der Waals surface area contributed by atoms with Crippen LogP contribution in [-0.4, -0.2) is 42.2 Å². The highest BCUT2D eigenvalue weighted by molar-refractivity contribution is 7.89. The first-order valence-corrected chi connectivity index (χ1v) is 10.5. The third-order valence-electron chi connectivity index (χ3n) is 4.83. The van der Waals surface area contributed by atoms with Crippen LogP contribution in [0.3, 0.4) is 0 Å². The highest BCUT2D eigenvalue weighted by atomic mass is 32.2. The number of nitrogens with zero attached hydrogens (tertiary/aromatic N) is 1. The Bertz CT molecular complexity index is 1010. The molecule has 0 spiro atoms. The number of methoxy groups -OCH3 is 3. The lowest BCUT2D eigenvalue weighted by Gasteiger charge is -2.16. The number of carbonyl (C=O) groups excluding carboxylic acids is 1. The monoisotopic (exact) mass is 420 g/mol. The quantitative estimate of drug-likeness (QED) is 0.737. The number of nitrogens with one attached hydrogen (secondary N) is 1. The molecule has 1 heterocycles. The molecular formula is C20H24N2O6S. The first kappa shape index (κ1) is 20.9. The summed E-state index contributed by atoms with van der Waals surface area (Å²) in [5, 5.41) is 0. The Balaban J connectivity index is 1.82. The van der Waals surface area contributed by atoms with E-state index in [9.17, 15) is 13.2 Å². The SMILES string of the molecule is COc1cc(CNS(=O)(=O)c2ccc3c(c2)CCN3C(C)=O)cc(OC)c1OC. The fraction of sp³-hybridized carbons (Fsp3) is 0.350. The van der Waals surface area contributed by atoms with Gasteiger partial charge in [-0.3, -0.25) is 4.79 Å². The van der Waals surface area contributed by atoms with Gasteiger partial charge < -0.3 is 19.1 Å². The average Bonchev–Trinajstić information content (AvgIpc) is 3.15. The maximum absolute atomic E-state index is 12.8. The largest absolute Gasteiger partial charge is 0.493 e. The summed E-state index contributed by atoms with van der Waals surface area (Å²) in [6.45, 7) is 2.11. The zero-order valence-corrected chi connectivity index (χ0v) is 17.6. The van der Waals surface area contributed by atoms with Gasteiger partial charge in [0.05, 0.1) is 26.2 Å². The van der Waals surface area contributed by atoms with Gasteiger partial charge in [0.25, 0.3) is 0 Å². The number of benzene rings is 2. The van der Waals surface area contributed by atoms with E-state index in [0.717, 1.165) is 11.3 Å². The summed E-state index contributed by atoms with van der Waals surface area (Å²) in [5.74, 6) is 1.28. The van der Waals surface area contributed by atoms with Crippen molar-refractivity contribution < 1.29 is 27.4 Å². The summed E-state index contributed by atoms with van der Waals surface area (Å²) in [7, 11) is 0.765. The van der Waals surface area contributed by atoms with E-state index in [1.165, 1.54) is 34.3 Å². The van der Waals surface area contributed by atoms with E-state index in [1.54, 1.807) is 29.2 Å². The van der Waals surface area contributed by atoms with Crippen LogP contribution >= 0.6 is 0 Å². The lowest BCUT2D eigenvalue weighted by Crippen LogP contribution is -2.26. The molecule has 0 saturated heterocycles. The van der Waals surface area contributed by atoms with Gasteiger partial charge in [-0.2, -0.15) is 0 Å². The second-order valence-electron chi connectivity index (χ2n) is 6.57. The number of fused-ring (bicyclic) bond motifs is 1. The van der Waals surface area contributed by atoms with E-state index in [2.05, 4.69) is 4.72 Å². The molecule has 29 heavy (non-hydrogen) atoms. The average molecular weight is 420 g/mol. The molecule has 3 rings (SSSR count). The molecule has 0 atom stereocenters. The molecule has 156 valence electrons. The van der Waals surface area contributed by atoms with Crippen molar-refractivity contribution in [1.29, 1.82) is 0 Å². The van der Waals surface area contributed by atoms with Crippen LogP contribution in [0.2, 0.25) is 0 Å². The molecule has 1 aliphatic rings. The minimum atomic E-state index is -3.74. The topological polar surface area (TPSA) is 94.2 Å². The summed E-state index contributed by atoms with van der Waals surface area (Å²) in [6.07, 6.45) is 0.630. The normalized spacial score (nSPS) is 13.2. The summed E-state index contributed by atoms with van der Waals surface area (Å²) < 4.78 is 44.0. The third kappa shape index (κ3) is 4.15. The molecule has 0 fully saturated rings. The fourth-order valence-corrected chi connectivity index (χ4v) is 4.44. The van der Waals surface area contributed by atoms with Gasteiger partial charge in [0, 0.05) is 25.7 Å². The zero-order valence-electron chi connectivity index (χ0n) is 16.8. The van der Waals surface area contributed by atoms with Crippen molar-refractivity contribution in [2.24, 2.45) is 0 Å². The van der Waals surface area contributed by atoms with Crippen LogP contribution in [0.4, 0.5) is 5.69 Å². The number of hydrogen-bond donors (Lipinski definition) is 1. The van der Waals surface area contributed by atoms with Gasteiger partial charge in [-0.15, -0.1) is 0 Å². The third-order valence-corrected chi connectivity index (χ3v) is 6.23. The molecule has 1 aliphatic heterocycles. The van der Waals surface area contributed by atoms with Gasteiger partial charge in [-0.1, -0.05) is 0 Å². The molecule has 0 saturated carbocycles. The van der Waals surface area contributed by atoms with E-state index >= 15 is 0 Å². The van der Waals surface area contributed by atoms with Crippen LogP contribution in [0.25, 0.3) is 0 Å². The lowest BCUT2D eigenvalue weighted by molar-refractivity contribution is -0.116. The second-order valence-corrected chi connectivity index (χ2v) is 8.34. The number of hydrogen-bond acceptors (Lipinski definition) is 6. The Morgan fingerprint density at radius 3 is 2.28 bits per heavy atom. The molecule has 0 radical (unpaired) electrons. The van der Waals surface area contributed by atoms with Crippen LogP contribution in [-0.2, 0) is 27.8 Å². The molecule has 2 aromatic rings. The second kappa shape index (κ2) is 8.30. The number of ether oxygens (including phenoxy) is 3. The number of carbonyl (C=O) groups is 1. The van der Waals surface area contributed by atoms with Crippen molar-refractivity contribution in [2.45, 2.75) is 24.8 Å². The minimum Gasteiger partial charge on any atom is -0.493 e. The van der Waals surface area contributed by atoms with E-state index in [4.69, 9.17) is 14.2 Å². The molecule has 0 bridgehead atoms. The minimum absolute atomic E-state index is 0.0513. The van der Waals surface area contributed by atoms with Crippen molar-refractivity contribution >= 4 is 21.6 Å². The maximum Gasteiger partial charge on any atom is 0.240 e. The predicted octanol–water partition coefficient (Wildman–Crippen LogP) is 2.10. The van der Waals surface area contributed by atoms with Gasteiger partial charge in [0.15, 0.2) is 11.5 Å². The molecule has 8 nitrogen and oxygen atoms in total. The van der Waals surface area contributed by atoms with Crippen molar-refractivity contribution in [1.82, 2.24) is 4.72 Å². The molecule has 0 aliphatic carbocycles. The fourth-order valence-electron chi connectivity index (χ4n) is 3.37. The molecule has 1 amide bonds. The number of amides is 1. The smallest absolute Gasteiger partial charge is 0.240 e. The molecule has 2 aromatic carbocycles. The summed E-state index contributed by atoms with van der Waals surface area (Å²) in [4.78, 5) is 13.5. The van der Waals surface area contributed by atoms with Gasteiger partial charge in [-0.05, 0) is 47.9 Å². The van der Waals surface area contributed by atoms with Crippen molar-refractivity contribution in [3.05, 3.63) is 41.5 Å². The van der Waals surface area contributed by atoms with Crippen molar-refractivity contribution in [2.75, 3.05) is 32.8 Å². The molecule has 1 N–H and O–H groups in total. The molecule has 0 aromatic heterocycles. The maximum atomic E-state index is 12.8. The van der Waals surface area contributed by atoms with Gasteiger partial charge >= 0.3 is 0 Å². The summed E-state index contributed by atoms with van der Waals surface area (Å²) in [5.41, 5.74) is 2.27. The Hall–Kier alpha value is -2.78. The Labute approximate surface area is 170 Å². The van der Waals surface area contributed by atoms with E-state index in [-0.39, 0.29) is 17.3 Å². The number of sulfonamides is 1. The molecule has 9 heteroatoms. The van der Waals surface area contributed by atoms with E-state index < -0.39 is 10.0 Å². The van der Waals surface area contributed by atoms with E-state index in [0.29, 0.717) is 35.8 Å². The van der Waals surface area contributed by atoms with E-state index in [1.807, 2.05) is 0 Å². The van der Waals surface area contributed by atoms with Gasteiger partial charge in [-0.25, -0.2) is 13.1 Å². The van der Waals surface area contributed by atoms with Crippen molar-refractivity contribution in [3.8, 4) is 17.2 Å². The first-order chi connectivity index (χ1) is 13.8. The van der Waals surface area contributed by atoms with Crippen LogP contribution in [0.15, 0.2) is 35.2 Å². The first-order valence-electron chi connectivity index (χ1n) is 9.00. The van der Waals surface area contributed by atoms with Crippen LogP contribution in [0, 0.1) is 0 Å². The van der Waals surface area contributed by atoms with Crippen molar-refractivity contribution in [3.63, 3.8) is 0 Å². The summed E-state index contributed by atoms with van der Waals surface area (Å²) in [6, 6.07) is 8.19. The van der Waals surface area contributed by atoms with Crippen LogP contribution in [0.1, 0.15) is 18.1 Å². The van der Waals surface area contributed by atoms with Crippen LogP contribution in [0.5, 0.6) is 17.2 Å². The van der Waals surface area contributed by atoms with Gasteiger partial charge in [0.2, 0.25) is 21.7 Å². The number of rotatable bonds is 7. The Kier molecular flexibility index (Phi) is 5.99. The molecule has 0 unspecified atom stereocenters. The highest BCUT2D eigenvalue weighted by Crippen LogP contribution is 2.38. The Morgan fingerprint density at radius 2 is 1.72 bits per heavy atom. The van der Waals surface area contributed by atoms with Gasteiger partial charge in [0.1, 0.15) is 0 Å². The van der Waals surface area contributed by atoms with Crippen LogP contribution < -0.4 is 23.8 Å². The summed E-state index contributed by atoms with van der Waals surface area (Å²) >= 11 is 0. The molecular weight excluding hydrogens is 396 g/mol. The zero-order chi connectivity index (χ0) is 21.2. The Morgan fingerprint density at radius 1 is 1.07 bits per heavy atom. The predicted molar refractivity (Wildman–Crippen MR) is 108 cm³/mol. The number of anilines is 1. The lowest BCUT2D eigenvalue weighted by atomic mass is 10.2.